The van der Waals surface area contributed by atoms with Gasteiger partial charge in [-0.05, 0) is 36.9 Å². The van der Waals surface area contributed by atoms with E-state index in [9.17, 15) is 18.0 Å². The van der Waals surface area contributed by atoms with Gasteiger partial charge in [0.2, 0.25) is 5.91 Å². The van der Waals surface area contributed by atoms with E-state index in [2.05, 4.69) is 34.4 Å². The number of carbonyl (C=O) groups is 1. The Labute approximate surface area is 219 Å². The van der Waals surface area contributed by atoms with E-state index in [1.54, 1.807) is 36.4 Å². The summed E-state index contributed by atoms with van der Waals surface area (Å²) in [5, 5.41) is 5.78. The zero-order valence-electron chi connectivity index (χ0n) is 21.6. The summed E-state index contributed by atoms with van der Waals surface area (Å²) in [6, 6.07) is 12.9. The van der Waals surface area contributed by atoms with Crippen molar-refractivity contribution in [1.82, 2.24) is 9.88 Å². The second-order valence-corrected chi connectivity index (χ2v) is 8.35. The van der Waals surface area contributed by atoms with E-state index in [0.29, 0.717) is 29.4 Å². The molecule has 0 aliphatic heterocycles. The lowest BCUT2D eigenvalue weighted by Crippen LogP contribution is -2.27. The fraction of sp³-hybridized carbons (Fsp3) is 0.333. The molecular formula is C27H32F3N5O3. The van der Waals surface area contributed by atoms with Gasteiger partial charge in [-0.1, -0.05) is 32.0 Å². The molecule has 0 aliphatic carbocycles. The number of hydrogen-bond acceptors (Lipinski definition) is 7. The highest BCUT2D eigenvalue weighted by Gasteiger charge is 2.34. The summed E-state index contributed by atoms with van der Waals surface area (Å²) in [6.07, 6.45) is -3.89. The largest absolute Gasteiger partial charge is 0.494 e. The number of anilines is 3. The number of likely N-dealkylation sites (N-methyl/N-ethyl adjacent to an activating group) is 1. The van der Waals surface area contributed by atoms with E-state index in [0.717, 1.165) is 25.8 Å². The number of nitrogens with one attached hydrogen (secondary N) is 2. The maximum Gasteiger partial charge on any atom is 0.419 e. The van der Waals surface area contributed by atoms with E-state index in [1.165, 1.54) is 19.2 Å². The van der Waals surface area contributed by atoms with E-state index >= 15 is 0 Å². The molecule has 38 heavy (non-hydrogen) atoms. The minimum absolute atomic E-state index is 0.0471. The molecule has 204 valence electrons. The Morgan fingerprint density at radius 1 is 1.08 bits per heavy atom. The molecule has 4 N–H and O–H groups in total. The normalized spacial score (nSPS) is 11.3. The van der Waals surface area contributed by atoms with Crippen LogP contribution in [0.15, 0.2) is 54.7 Å². The molecule has 1 heterocycles. The number of nitrogens with two attached hydrogens (primary N) is 1. The van der Waals surface area contributed by atoms with E-state index in [-0.39, 0.29) is 23.6 Å². The van der Waals surface area contributed by atoms with Gasteiger partial charge in [0.25, 0.3) is 0 Å². The van der Waals surface area contributed by atoms with Crippen LogP contribution in [0.25, 0.3) is 0 Å². The van der Waals surface area contributed by atoms with Crippen molar-refractivity contribution in [3.05, 3.63) is 71.4 Å². The number of benzene rings is 2. The first-order valence-corrected chi connectivity index (χ1v) is 12.1. The van der Waals surface area contributed by atoms with Crippen LogP contribution in [0, 0.1) is 0 Å². The van der Waals surface area contributed by atoms with Crippen LogP contribution in [-0.2, 0) is 12.7 Å². The summed E-state index contributed by atoms with van der Waals surface area (Å²) in [5.74, 6) is 0.549. The number of rotatable bonds is 13. The average Bonchev–Trinajstić information content (AvgIpc) is 2.90. The topological polar surface area (TPSA) is 102 Å². The predicted molar refractivity (Wildman–Crippen MR) is 141 cm³/mol. The van der Waals surface area contributed by atoms with Crippen molar-refractivity contribution >= 4 is 23.1 Å². The van der Waals surface area contributed by atoms with Crippen molar-refractivity contribution < 1.29 is 27.4 Å². The molecule has 0 radical (unpaired) electrons. The molecule has 0 spiro atoms. The third-order valence-corrected chi connectivity index (χ3v) is 5.97. The molecule has 0 fully saturated rings. The van der Waals surface area contributed by atoms with Crippen LogP contribution in [0.2, 0.25) is 0 Å². The summed E-state index contributed by atoms with van der Waals surface area (Å²) in [4.78, 5) is 17.9. The van der Waals surface area contributed by atoms with E-state index in [1.807, 2.05) is 0 Å². The first-order valence-electron chi connectivity index (χ1n) is 12.1. The van der Waals surface area contributed by atoms with Gasteiger partial charge >= 0.3 is 6.18 Å². The number of pyridine rings is 1. The van der Waals surface area contributed by atoms with E-state index in [4.69, 9.17) is 15.2 Å². The van der Waals surface area contributed by atoms with Crippen LogP contribution < -0.4 is 25.8 Å². The lowest BCUT2D eigenvalue weighted by molar-refractivity contribution is -0.137. The summed E-state index contributed by atoms with van der Waals surface area (Å²) >= 11 is 0. The molecule has 2 aromatic carbocycles. The van der Waals surface area contributed by atoms with Gasteiger partial charge in [-0.3, -0.25) is 4.79 Å². The fourth-order valence-corrected chi connectivity index (χ4v) is 3.84. The number of ether oxygens (including phenoxy) is 2. The molecule has 11 heteroatoms. The van der Waals surface area contributed by atoms with Gasteiger partial charge in [-0.15, -0.1) is 0 Å². The predicted octanol–water partition coefficient (Wildman–Crippen LogP) is 5.28. The van der Waals surface area contributed by atoms with Crippen LogP contribution in [0.3, 0.4) is 0 Å². The fourth-order valence-electron chi connectivity index (χ4n) is 3.84. The molecule has 3 aromatic rings. The number of aromatic nitrogens is 1. The lowest BCUT2D eigenvalue weighted by atomic mass is 10.1. The standard InChI is InChI=1S/C27H32F3N5O3/c1-4-35(5-2)12-13-38-19-10-11-22(24(14-19)37-3)34-25-15-23(21(17-33-25)27(28,29)30)32-16-18-8-6-7-9-20(18)26(31)36/h6-11,14-15,17H,4-5,12-13,16H2,1-3H3,(H2,31,36)(H2,32,33,34). The number of hydrogen-bond donors (Lipinski definition) is 3. The minimum atomic E-state index is -4.64. The summed E-state index contributed by atoms with van der Waals surface area (Å²) in [6.45, 7) is 7.28. The van der Waals surface area contributed by atoms with Crippen molar-refractivity contribution in [3.63, 3.8) is 0 Å². The van der Waals surface area contributed by atoms with Crippen LogP contribution >= 0.6 is 0 Å². The molecule has 8 nitrogen and oxygen atoms in total. The zero-order chi connectivity index (χ0) is 27.7. The molecule has 0 bridgehead atoms. The maximum atomic E-state index is 13.7. The molecule has 0 saturated carbocycles. The Morgan fingerprint density at radius 3 is 2.47 bits per heavy atom. The van der Waals surface area contributed by atoms with Crippen molar-refractivity contribution in [2.24, 2.45) is 5.73 Å². The smallest absolute Gasteiger partial charge is 0.419 e. The second kappa shape index (κ2) is 13.0. The molecule has 0 aliphatic rings. The SMILES string of the molecule is CCN(CC)CCOc1ccc(Nc2cc(NCc3ccccc3C(N)=O)c(C(F)(F)F)cn2)c(OC)c1. The van der Waals surface area contributed by atoms with Crippen LogP contribution in [-0.4, -0.2) is 49.1 Å². The summed E-state index contributed by atoms with van der Waals surface area (Å²) < 4.78 is 52.4. The Balaban J connectivity index is 1.80. The molecule has 0 unspecified atom stereocenters. The Morgan fingerprint density at radius 2 is 1.82 bits per heavy atom. The third-order valence-electron chi connectivity index (χ3n) is 5.97. The van der Waals surface area contributed by atoms with Crippen molar-refractivity contribution in [2.45, 2.75) is 26.6 Å². The van der Waals surface area contributed by atoms with Gasteiger partial charge in [-0.2, -0.15) is 13.2 Å². The van der Waals surface area contributed by atoms with Gasteiger partial charge < -0.3 is 30.7 Å². The molecular weight excluding hydrogens is 499 g/mol. The second-order valence-electron chi connectivity index (χ2n) is 8.35. The number of carbonyl (C=O) groups excluding carboxylic acids is 1. The molecule has 0 atom stereocenters. The van der Waals surface area contributed by atoms with Gasteiger partial charge in [0, 0.05) is 37.0 Å². The van der Waals surface area contributed by atoms with Crippen molar-refractivity contribution in [3.8, 4) is 11.5 Å². The highest BCUT2D eigenvalue weighted by Crippen LogP contribution is 2.37. The Hall–Kier alpha value is -3.99. The number of halogens is 3. The maximum absolute atomic E-state index is 13.7. The van der Waals surface area contributed by atoms with Crippen molar-refractivity contribution in [1.29, 1.82) is 0 Å². The van der Waals surface area contributed by atoms with Crippen molar-refractivity contribution in [2.75, 3.05) is 44.0 Å². The van der Waals surface area contributed by atoms with Gasteiger partial charge in [-0.25, -0.2) is 4.98 Å². The number of nitrogens with zero attached hydrogens (tertiary/aromatic N) is 2. The number of amides is 1. The third kappa shape index (κ3) is 7.51. The van der Waals surface area contributed by atoms with E-state index < -0.39 is 17.6 Å². The van der Waals surface area contributed by atoms with Gasteiger partial charge in [0.05, 0.1) is 24.0 Å². The number of primary amides is 1. The highest BCUT2D eigenvalue weighted by molar-refractivity contribution is 5.94. The molecule has 1 amide bonds. The molecule has 3 rings (SSSR count). The first kappa shape index (κ1) is 28.6. The number of alkyl halides is 3. The quantitative estimate of drug-likeness (QED) is 0.276. The van der Waals surface area contributed by atoms with Crippen LogP contribution in [0.1, 0.15) is 35.3 Å². The number of methoxy groups -OCH3 is 1. The first-order chi connectivity index (χ1) is 18.2. The van der Waals surface area contributed by atoms with Crippen LogP contribution in [0.4, 0.5) is 30.4 Å². The van der Waals surface area contributed by atoms with Crippen LogP contribution in [0.5, 0.6) is 11.5 Å². The highest BCUT2D eigenvalue weighted by atomic mass is 19.4. The minimum Gasteiger partial charge on any atom is -0.494 e. The lowest BCUT2D eigenvalue weighted by Gasteiger charge is -2.19. The van der Waals surface area contributed by atoms with Gasteiger partial charge in [0.15, 0.2) is 0 Å². The Kier molecular flexibility index (Phi) is 9.78. The zero-order valence-corrected chi connectivity index (χ0v) is 21.6. The average molecular weight is 532 g/mol. The summed E-state index contributed by atoms with van der Waals surface area (Å²) in [5.41, 5.74) is 5.45. The molecule has 1 aromatic heterocycles. The Bertz CT molecular complexity index is 1230. The molecule has 0 saturated heterocycles. The summed E-state index contributed by atoms with van der Waals surface area (Å²) in [7, 11) is 1.49. The monoisotopic (exact) mass is 531 g/mol. The van der Waals surface area contributed by atoms with Gasteiger partial charge in [0.1, 0.15) is 23.9 Å².